The average molecular weight is 230 g/mol. The number of thiol groups is 1. The summed E-state index contributed by atoms with van der Waals surface area (Å²) >= 11 is 4.42. The number of hydrogen-bond acceptors (Lipinski definition) is 3. The van der Waals surface area contributed by atoms with E-state index in [1.807, 2.05) is 0 Å². The summed E-state index contributed by atoms with van der Waals surface area (Å²) in [5.74, 6) is 1.80. The van der Waals surface area contributed by atoms with Gasteiger partial charge < -0.3 is 9.80 Å². The first-order valence-corrected chi connectivity index (χ1v) is 6.80. The van der Waals surface area contributed by atoms with Gasteiger partial charge in [-0.05, 0) is 45.2 Å². The largest absolute Gasteiger partial charge is 0.305 e. The molecule has 15 heavy (non-hydrogen) atoms. The third-order valence-corrected chi connectivity index (χ3v) is 4.08. The van der Waals surface area contributed by atoms with Gasteiger partial charge in [0, 0.05) is 19.1 Å². The van der Waals surface area contributed by atoms with Gasteiger partial charge in [-0.1, -0.05) is 13.3 Å². The fourth-order valence-corrected chi connectivity index (χ4v) is 2.67. The lowest BCUT2D eigenvalue weighted by molar-refractivity contribution is 0.120. The molecule has 1 aliphatic rings. The monoisotopic (exact) mass is 230 g/mol. The lowest BCUT2D eigenvalue weighted by Gasteiger charge is -2.37. The fourth-order valence-electron chi connectivity index (χ4n) is 2.30. The minimum atomic E-state index is 0.760. The molecule has 0 saturated carbocycles. The van der Waals surface area contributed by atoms with Crippen LogP contribution in [0.2, 0.25) is 0 Å². The van der Waals surface area contributed by atoms with Crippen molar-refractivity contribution in [3.8, 4) is 0 Å². The van der Waals surface area contributed by atoms with Gasteiger partial charge in [0.25, 0.3) is 0 Å². The van der Waals surface area contributed by atoms with E-state index < -0.39 is 0 Å². The number of hydrogen-bond donors (Lipinski definition) is 1. The van der Waals surface area contributed by atoms with Crippen molar-refractivity contribution in [2.24, 2.45) is 5.92 Å². The third-order valence-electron chi connectivity index (χ3n) is 3.56. The second kappa shape index (κ2) is 6.77. The van der Waals surface area contributed by atoms with Crippen molar-refractivity contribution in [3.05, 3.63) is 0 Å². The molecule has 3 heteroatoms. The van der Waals surface area contributed by atoms with Crippen molar-refractivity contribution in [3.63, 3.8) is 0 Å². The SMILES string of the molecule is CCC(CS)CN1CCCC(N(C)C)C1. The molecule has 0 N–H and O–H groups in total. The van der Waals surface area contributed by atoms with Crippen LogP contribution < -0.4 is 0 Å². The van der Waals surface area contributed by atoms with Crippen LogP contribution in [0.5, 0.6) is 0 Å². The van der Waals surface area contributed by atoms with E-state index in [-0.39, 0.29) is 0 Å². The minimum Gasteiger partial charge on any atom is -0.305 e. The van der Waals surface area contributed by atoms with Crippen molar-refractivity contribution >= 4 is 12.6 Å². The van der Waals surface area contributed by atoms with Gasteiger partial charge in [-0.15, -0.1) is 0 Å². The zero-order valence-corrected chi connectivity index (χ0v) is 11.3. The highest BCUT2D eigenvalue weighted by Crippen LogP contribution is 2.16. The molecule has 1 aliphatic heterocycles. The summed E-state index contributed by atoms with van der Waals surface area (Å²) in [6.07, 6.45) is 3.97. The van der Waals surface area contributed by atoms with Crippen LogP contribution in [0.25, 0.3) is 0 Å². The Labute approximate surface area is 100 Å². The van der Waals surface area contributed by atoms with Crippen LogP contribution in [0, 0.1) is 5.92 Å². The van der Waals surface area contributed by atoms with Gasteiger partial charge in [0.1, 0.15) is 0 Å². The van der Waals surface area contributed by atoms with Crippen molar-refractivity contribution in [1.82, 2.24) is 9.80 Å². The van der Waals surface area contributed by atoms with E-state index in [1.54, 1.807) is 0 Å². The van der Waals surface area contributed by atoms with Gasteiger partial charge in [-0.2, -0.15) is 12.6 Å². The molecule has 0 spiro atoms. The summed E-state index contributed by atoms with van der Waals surface area (Å²) in [4.78, 5) is 4.99. The van der Waals surface area contributed by atoms with Gasteiger partial charge in [-0.3, -0.25) is 0 Å². The zero-order chi connectivity index (χ0) is 11.3. The summed E-state index contributed by atoms with van der Waals surface area (Å²) in [7, 11) is 4.40. The molecule has 1 fully saturated rings. The molecule has 2 unspecified atom stereocenters. The lowest BCUT2D eigenvalue weighted by atomic mass is 10.0. The Hall–Kier alpha value is 0.270. The summed E-state index contributed by atoms with van der Waals surface area (Å²) < 4.78 is 0. The van der Waals surface area contributed by atoms with Crippen LogP contribution in [0.3, 0.4) is 0 Å². The summed E-state index contributed by atoms with van der Waals surface area (Å²) in [5.41, 5.74) is 0. The molecule has 90 valence electrons. The molecule has 0 aliphatic carbocycles. The Kier molecular flexibility index (Phi) is 6.02. The van der Waals surface area contributed by atoms with Crippen molar-refractivity contribution in [2.75, 3.05) is 39.5 Å². The van der Waals surface area contributed by atoms with Crippen LogP contribution in [0.4, 0.5) is 0 Å². The maximum atomic E-state index is 4.42. The smallest absolute Gasteiger partial charge is 0.0217 e. The van der Waals surface area contributed by atoms with E-state index in [0.29, 0.717) is 0 Å². The third kappa shape index (κ3) is 4.33. The Morgan fingerprint density at radius 2 is 2.20 bits per heavy atom. The van der Waals surface area contributed by atoms with Crippen molar-refractivity contribution in [2.45, 2.75) is 32.2 Å². The van der Waals surface area contributed by atoms with Crippen LogP contribution in [-0.2, 0) is 0 Å². The molecule has 0 radical (unpaired) electrons. The molecule has 0 amide bonds. The second-order valence-electron chi connectivity index (χ2n) is 4.98. The number of piperidine rings is 1. The topological polar surface area (TPSA) is 6.48 Å². The average Bonchev–Trinajstić information content (AvgIpc) is 2.26. The maximum Gasteiger partial charge on any atom is 0.0217 e. The van der Waals surface area contributed by atoms with Gasteiger partial charge in [0.15, 0.2) is 0 Å². The number of likely N-dealkylation sites (N-methyl/N-ethyl adjacent to an activating group) is 1. The lowest BCUT2D eigenvalue weighted by Crippen LogP contribution is -2.46. The van der Waals surface area contributed by atoms with Crippen molar-refractivity contribution in [1.29, 1.82) is 0 Å². The van der Waals surface area contributed by atoms with Gasteiger partial charge in [-0.25, -0.2) is 0 Å². The van der Waals surface area contributed by atoms with E-state index in [9.17, 15) is 0 Å². The Bertz CT molecular complexity index is 167. The highest BCUT2D eigenvalue weighted by Gasteiger charge is 2.22. The highest BCUT2D eigenvalue weighted by atomic mass is 32.1. The normalized spacial score (nSPS) is 25.8. The first-order chi connectivity index (χ1) is 7.17. The standard InChI is InChI=1S/C12H26N2S/c1-4-11(10-15)8-14-7-5-6-12(9-14)13(2)3/h11-12,15H,4-10H2,1-3H3. The Morgan fingerprint density at radius 1 is 1.47 bits per heavy atom. The summed E-state index contributed by atoms with van der Waals surface area (Å²) in [6.45, 7) is 6.05. The number of rotatable bonds is 5. The quantitative estimate of drug-likeness (QED) is 0.722. The maximum absolute atomic E-state index is 4.42. The van der Waals surface area contributed by atoms with E-state index >= 15 is 0 Å². The Balaban J connectivity index is 2.35. The molecule has 2 atom stereocenters. The van der Waals surface area contributed by atoms with Crippen LogP contribution in [0.15, 0.2) is 0 Å². The molecule has 1 saturated heterocycles. The fraction of sp³-hybridized carbons (Fsp3) is 1.00. The van der Waals surface area contributed by atoms with Crippen LogP contribution in [-0.4, -0.2) is 55.3 Å². The molecule has 1 rings (SSSR count). The number of likely N-dealkylation sites (tertiary alicyclic amines) is 1. The second-order valence-corrected chi connectivity index (χ2v) is 5.34. The molecular weight excluding hydrogens is 204 g/mol. The number of nitrogens with zero attached hydrogens (tertiary/aromatic N) is 2. The first-order valence-electron chi connectivity index (χ1n) is 6.17. The molecule has 1 heterocycles. The molecule has 2 nitrogen and oxygen atoms in total. The van der Waals surface area contributed by atoms with Crippen LogP contribution in [0.1, 0.15) is 26.2 Å². The first kappa shape index (κ1) is 13.3. The van der Waals surface area contributed by atoms with Crippen LogP contribution >= 0.6 is 12.6 Å². The predicted octanol–water partition coefficient (Wildman–Crippen LogP) is 1.97. The van der Waals surface area contributed by atoms with Gasteiger partial charge >= 0.3 is 0 Å². The highest BCUT2D eigenvalue weighted by molar-refractivity contribution is 7.80. The summed E-state index contributed by atoms with van der Waals surface area (Å²) in [6, 6.07) is 0.760. The molecule has 0 aromatic heterocycles. The summed E-state index contributed by atoms with van der Waals surface area (Å²) in [5, 5.41) is 0. The van der Waals surface area contributed by atoms with E-state index in [0.717, 1.165) is 17.7 Å². The Morgan fingerprint density at radius 3 is 2.73 bits per heavy atom. The predicted molar refractivity (Wildman–Crippen MR) is 70.8 cm³/mol. The zero-order valence-electron chi connectivity index (χ0n) is 10.4. The molecule has 0 bridgehead atoms. The minimum absolute atomic E-state index is 0.760. The van der Waals surface area contributed by atoms with Gasteiger partial charge in [0.2, 0.25) is 0 Å². The molecule has 0 aromatic carbocycles. The van der Waals surface area contributed by atoms with Gasteiger partial charge in [0.05, 0.1) is 0 Å². The molecular formula is C12H26N2S. The van der Waals surface area contributed by atoms with Crippen molar-refractivity contribution < 1.29 is 0 Å². The molecule has 0 aromatic rings. The van der Waals surface area contributed by atoms with E-state index in [4.69, 9.17) is 0 Å². The van der Waals surface area contributed by atoms with E-state index in [1.165, 1.54) is 38.9 Å². The van der Waals surface area contributed by atoms with E-state index in [2.05, 4.69) is 43.4 Å².